The van der Waals surface area contributed by atoms with Gasteiger partial charge in [0.15, 0.2) is 0 Å². The average Bonchev–Trinajstić information content (AvgIpc) is 2.65. The predicted molar refractivity (Wildman–Crippen MR) is 56.2 cm³/mol. The molecule has 0 fully saturated rings. The minimum atomic E-state index is 0.255. The molecule has 1 aromatic rings. The molecule has 0 aliphatic carbocycles. The van der Waals surface area contributed by atoms with Crippen LogP contribution in [0.4, 0.5) is 0 Å². The van der Waals surface area contributed by atoms with Crippen molar-refractivity contribution in [1.82, 2.24) is 15.1 Å². The first kappa shape index (κ1) is 11.2. The van der Waals surface area contributed by atoms with E-state index in [1.807, 2.05) is 10.9 Å². The summed E-state index contributed by atoms with van der Waals surface area (Å²) in [4.78, 5) is 0. The van der Waals surface area contributed by atoms with Crippen molar-refractivity contribution in [3.05, 3.63) is 18.0 Å². The highest BCUT2D eigenvalue weighted by atomic mass is 16.5. The van der Waals surface area contributed by atoms with Gasteiger partial charge < -0.3 is 10.1 Å². The Labute approximate surface area is 85.3 Å². The highest BCUT2D eigenvalue weighted by molar-refractivity contribution is 5.10. The number of hydrogen-bond acceptors (Lipinski definition) is 3. The molecule has 1 N–H and O–H groups in total. The van der Waals surface area contributed by atoms with Gasteiger partial charge in [0.05, 0.1) is 18.8 Å². The smallest absolute Gasteiger partial charge is 0.0658 e. The first-order valence-corrected chi connectivity index (χ1v) is 5.06. The number of aromatic nitrogens is 2. The molecule has 80 valence electrons. The standard InChI is InChI=1S/C10H19N3O/c1-4-11-10(8-14-3)9-6-12-13(5-2)7-9/h6-7,10-11H,4-5,8H2,1-3H3. The monoisotopic (exact) mass is 197 g/mol. The third kappa shape index (κ3) is 2.82. The van der Waals surface area contributed by atoms with Crippen molar-refractivity contribution >= 4 is 0 Å². The molecule has 4 heteroatoms. The molecule has 1 unspecified atom stereocenters. The molecule has 0 spiro atoms. The van der Waals surface area contributed by atoms with Crippen molar-refractivity contribution in [2.24, 2.45) is 0 Å². The van der Waals surface area contributed by atoms with Gasteiger partial charge >= 0.3 is 0 Å². The van der Waals surface area contributed by atoms with E-state index < -0.39 is 0 Å². The number of hydrogen-bond donors (Lipinski definition) is 1. The van der Waals surface area contributed by atoms with Crippen LogP contribution in [-0.4, -0.2) is 30.0 Å². The molecule has 1 aromatic heterocycles. The SMILES string of the molecule is CCNC(COC)c1cnn(CC)c1. The van der Waals surface area contributed by atoms with Gasteiger partial charge in [-0.2, -0.15) is 5.10 Å². The van der Waals surface area contributed by atoms with E-state index in [0.717, 1.165) is 13.1 Å². The molecule has 1 atom stereocenters. The number of methoxy groups -OCH3 is 1. The summed E-state index contributed by atoms with van der Waals surface area (Å²) in [5.41, 5.74) is 1.19. The molecule has 0 bridgehead atoms. The molecule has 4 nitrogen and oxygen atoms in total. The lowest BCUT2D eigenvalue weighted by atomic mass is 10.2. The predicted octanol–water partition coefficient (Wildman–Crippen LogP) is 1.20. The fraction of sp³-hybridized carbons (Fsp3) is 0.700. The van der Waals surface area contributed by atoms with Crippen LogP contribution in [0.1, 0.15) is 25.5 Å². The molecule has 0 amide bonds. The maximum Gasteiger partial charge on any atom is 0.0658 e. The summed E-state index contributed by atoms with van der Waals surface area (Å²) in [5.74, 6) is 0. The number of nitrogens with zero attached hydrogens (tertiary/aromatic N) is 2. The third-order valence-electron chi connectivity index (χ3n) is 2.16. The minimum Gasteiger partial charge on any atom is -0.383 e. The zero-order valence-corrected chi connectivity index (χ0v) is 9.16. The molecule has 0 saturated heterocycles. The number of aryl methyl sites for hydroxylation is 1. The molecule has 0 aliphatic rings. The van der Waals surface area contributed by atoms with Crippen molar-refractivity contribution in [2.45, 2.75) is 26.4 Å². The normalized spacial score (nSPS) is 13.1. The topological polar surface area (TPSA) is 39.1 Å². The Morgan fingerprint density at radius 2 is 2.36 bits per heavy atom. The second-order valence-corrected chi connectivity index (χ2v) is 3.19. The van der Waals surface area contributed by atoms with Gasteiger partial charge in [0.25, 0.3) is 0 Å². The number of rotatable bonds is 6. The van der Waals surface area contributed by atoms with Gasteiger partial charge in [0.1, 0.15) is 0 Å². The van der Waals surface area contributed by atoms with Crippen LogP contribution in [0.15, 0.2) is 12.4 Å². The molecule has 0 radical (unpaired) electrons. The Morgan fingerprint density at radius 1 is 1.57 bits per heavy atom. The average molecular weight is 197 g/mol. The van der Waals surface area contributed by atoms with Gasteiger partial charge in [-0.05, 0) is 13.5 Å². The van der Waals surface area contributed by atoms with Gasteiger partial charge in [-0.3, -0.25) is 4.68 Å². The summed E-state index contributed by atoms with van der Waals surface area (Å²) in [5, 5.41) is 7.60. The van der Waals surface area contributed by atoms with E-state index in [1.54, 1.807) is 7.11 Å². The summed E-state index contributed by atoms with van der Waals surface area (Å²) in [6.07, 6.45) is 3.96. The second-order valence-electron chi connectivity index (χ2n) is 3.19. The molecule has 14 heavy (non-hydrogen) atoms. The Balaban J connectivity index is 2.65. The van der Waals surface area contributed by atoms with Crippen molar-refractivity contribution in [3.8, 4) is 0 Å². The zero-order valence-electron chi connectivity index (χ0n) is 9.16. The highest BCUT2D eigenvalue weighted by Crippen LogP contribution is 2.11. The number of ether oxygens (including phenoxy) is 1. The second kappa shape index (κ2) is 5.78. The summed E-state index contributed by atoms with van der Waals surface area (Å²) in [6, 6.07) is 0.255. The van der Waals surface area contributed by atoms with Crippen molar-refractivity contribution in [2.75, 3.05) is 20.3 Å². The lowest BCUT2D eigenvalue weighted by molar-refractivity contribution is 0.168. The van der Waals surface area contributed by atoms with E-state index in [1.165, 1.54) is 5.56 Å². The third-order valence-corrected chi connectivity index (χ3v) is 2.16. The van der Waals surface area contributed by atoms with Crippen LogP contribution in [0.2, 0.25) is 0 Å². The number of likely N-dealkylation sites (N-methyl/N-ethyl adjacent to an activating group) is 1. The van der Waals surface area contributed by atoms with Crippen molar-refractivity contribution in [1.29, 1.82) is 0 Å². The maximum absolute atomic E-state index is 5.15. The van der Waals surface area contributed by atoms with Crippen molar-refractivity contribution in [3.63, 3.8) is 0 Å². The fourth-order valence-electron chi connectivity index (χ4n) is 1.42. The van der Waals surface area contributed by atoms with E-state index in [9.17, 15) is 0 Å². The van der Waals surface area contributed by atoms with E-state index in [4.69, 9.17) is 4.74 Å². The quantitative estimate of drug-likeness (QED) is 0.744. The molecule has 0 saturated carbocycles. The van der Waals surface area contributed by atoms with Crippen LogP contribution < -0.4 is 5.32 Å². The molecule has 0 aliphatic heterocycles. The van der Waals surface area contributed by atoms with Crippen molar-refractivity contribution < 1.29 is 4.74 Å². The molecular formula is C10H19N3O. The van der Waals surface area contributed by atoms with Crippen LogP contribution >= 0.6 is 0 Å². The fourth-order valence-corrected chi connectivity index (χ4v) is 1.42. The van der Waals surface area contributed by atoms with Gasteiger partial charge in [0.2, 0.25) is 0 Å². The lowest BCUT2D eigenvalue weighted by Crippen LogP contribution is -2.24. The van der Waals surface area contributed by atoms with Crippen LogP contribution in [0.25, 0.3) is 0 Å². The molecule has 1 heterocycles. The Morgan fingerprint density at radius 3 is 2.86 bits per heavy atom. The summed E-state index contributed by atoms with van der Waals surface area (Å²) >= 11 is 0. The van der Waals surface area contributed by atoms with Crippen LogP contribution in [0.5, 0.6) is 0 Å². The van der Waals surface area contributed by atoms with Crippen LogP contribution in [0.3, 0.4) is 0 Å². The van der Waals surface area contributed by atoms with Gasteiger partial charge in [-0.1, -0.05) is 6.92 Å². The van der Waals surface area contributed by atoms with E-state index >= 15 is 0 Å². The van der Waals surface area contributed by atoms with E-state index in [-0.39, 0.29) is 6.04 Å². The van der Waals surface area contributed by atoms with E-state index in [2.05, 4.69) is 30.5 Å². The first-order valence-electron chi connectivity index (χ1n) is 5.06. The maximum atomic E-state index is 5.15. The molecule has 0 aromatic carbocycles. The van der Waals surface area contributed by atoms with Gasteiger partial charge in [0, 0.05) is 25.4 Å². The van der Waals surface area contributed by atoms with E-state index in [0.29, 0.717) is 6.61 Å². The summed E-state index contributed by atoms with van der Waals surface area (Å²) in [7, 11) is 1.72. The zero-order chi connectivity index (χ0) is 10.4. The Hall–Kier alpha value is -0.870. The number of nitrogens with one attached hydrogen (secondary N) is 1. The first-order chi connectivity index (χ1) is 6.81. The largest absolute Gasteiger partial charge is 0.383 e. The Kier molecular flexibility index (Phi) is 4.62. The lowest BCUT2D eigenvalue weighted by Gasteiger charge is -2.14. The molecule has 1 rings (SSSR count). The minimum absolute atomic E-state index is 0.255. The van der Waals surface area contributed by atoms with Crippen LogP contribution in [0, 0.1) is 0 Å². The summed E-state index contributed by atoms with van der Waals surface area (Å²) < 4.78 is 7.08. The van der Waals surface area contributed by atoms with Crippen LogP contribution in [-0.2, 0) is 11.3 Å². The molecular weight excluding hydrogens is 178 g/mol. The van der Waals surface area contributed by atoms with Gasteiger partial charge in [-0.25, -0.2) is 0 Å². The van der Waals surface area contributed by atoms with Gasteiger partial charge in [-0.15, -0.1) is 0 Å². The highest BCUT2D eigenvalue weighted by Gasteiger charge is 2.11. The summed E-state index contributed by atoms with van der Waals surface area (Å²) in [6.45, 7) is 6.70. The Bertz CT molecular complexity index is 254.